The Bertz CT molecular complexity index is 2350. The molecular formula is C44H29Br3O3. The number of halogens is 3. The minimum atomic E-state index is -0.570. The van der Waals surface area contributed by atoms with Gasteiger partial charge in [-0.05, 0) is 157 Å². The predicted octanol–water partition coefficient (Wildman–Crippen LogP) is 12.4. The van der Waals surface area contributed by atoms with Gasteiger partial charge in [0, 0.05) is 0 Å². The first-order valence-electron chi connectivity index (χ1n) is 16.1. The number of aromatic hydroxyl groups is 3. The quantitative estimate of drug-likeness (QED) is 0.166. The minimum Gasteiger partial charge on any atom is -0.507 e. The molecule has 244 valence electrons. The van der Waals surface area contributed by atoms with Gasteiger partial charge in [0.05, 0.1) is 18.8 Å². The van der Waals surface area contributed by atoms with E-state index in [4.69, 9.17) is 0 Å². The zero-order valence-corrected chi connectivity index (χ0v) is 31.3. The van der Waals surface area contributed by atoms with E-state index in [-0.39, 0.29) is 17.2 Å². The van der Waals surface area contributed by atoms with Crippen LogP contribution in [0.3, 0.4) is 0 Å². The summed E-state index contributed by atoms with van der Waals surface area (Å²) < 4.78 is 2.02. The first kappa shape index (κ1) is 32.6. The van der Waals surface area contributed by atoms with Crippen molar-refractivity contribution in [1.82, 2.24) is 0 Å². The average Bonchev–Trinajstić information content (AvgIpc) is 3.67. The Morgan fingerprint density at radius 1 is 0.420 bits per heavy atom. The average molecular weight is 845 g/mol. The normalized spacial score (nSPS) is 13.0. The van der Waals surface area contributed by atoms with Gasteiger partial charge in [-0.15, -0.1) is 0 Å². The number of hydrogen-bond acceptors (Lipinski definition) is 3. The van der Waals surface area contributed by atoms with Crippen LogP contribution in [0.1, 0.15) is 33.4 Å². The lowest BCUT2D eigenvalue weighted by Crippen LogP contribution is -2.28. The van der Waals surface area contributed by atoms with Crippen molar-refractivity contribution < 1.29 is 15.3 Å². The van der Waals surface area contributed by atoms with E-state index >= 15 is 0 Å². The highest BCUT2D eigenvalue weighted by Gasteiger charge is 2.46. The number of phenolic OH excluding ortho intramolecular Hbond substituents is 3. The maximum Gasteiger partial charge on any atom is 0.129 e. The van der Waals surface area contributed by atoms with E-state index in [1.54, 1.807) is 18.2 Å². The van der Waals surface area contributed by atoms with Crippen molar-refractivity contribution in [2.75, 3.05) is 0 Å². The second-order valence-corrected chi connectivity index (χ2v) is 15.1. The van der Waals surface area contributed by atoms with Crippen LogP contribution in [0.25, 0.3) is 33.4 Å². The maximum absolute atomic E-state index is 10.1. The van der Waals surface area contributed by atoms with Crippen molar-refractivity contribution in [2.45, 2.75) is 11.8 Å². The topological polar surface area (TPSA) is 60.7 Å². The van der Waals surface area contributed by atoms with Crippen molar-refractivity contribution in [2.24, 2.45) is 0 Å². The fourth-order valence-electron chi connectivity index (χ4n) is 7.61. The molecule has 0 fully saturated rings. The van der Waals surface area contributed by atoms with E-state index in [1.165, 1.54) is 50.1 Å². The largest absolute Gasteiger partial charge is 0.507 e. The molecule has 2 aliphatic rings. The summed E-state index contributed by atoms with van der Waals surface area (Å²) in [6.45, 7) is 0. The number of benzene rings is 7. The van der Waals surface area contributed by atoms with Crippen LogP contribution >= 0.6 is 47.8 Å². The van der Waals surface area contributed by atoms with E-state index in [1.807, 2.05) is 36.4 Å². The predicted molar refractivity (Wildman–Crippen MR) is 212 cm³/mol. The zero-order valence-electron chi connectivity index (χ0n) is 26.5. The zero-order chi connectivity index (χ0) is 34.6. The molecular weight excluding hydrogens is 816 g/mol. The molecule has 0 atom stereocenters. The molecule has 0 saturated heterocycles. The van der Waals surface area contributed by atoms with E-state index in [0.29, 0.717) is 8.95 Å². The molecule has 9 rings (SSSR count). The first-order valence-corrected chi connectivity index (χ1v) is 18.5. The van der Waals surface area contributed by atoms with Crippen molar-refractivity contribution in [3.05, 3.63) is 192 Å². The summed E-state index contributed by atoms with van der Waals surface area (Å²) in [7, 11) is 0. The van der Waals surface area contributed by atoms with Crippen molar-refractivity contribution in [3.8, 4) is 50.6 Å². The highest BCUT2D eigenvalue weighted by atomic mass is 79.9. The summed E-state index contributed by atoms with van der Waals surface area (Å²) in [5, 5.41) is 29.9. The molecule has 0 bridgehead atoms. The van der Waals surface area contributed by atoms with Gasteiger partial charge in [0.2, 0.25) is 0 Å². The molecule has 0 aliphatic heterocycles. The minimum absolute atomic E-state index is 0.204. The molecule has 2 aliphatic carbocycles. The number of fused-ring (bicyclic) bond motifs is 6. The molecule has 0 aromatic heterocycles. The molecule has 7 aromatic carbocycles. The summed E-state index contributed by atoms with van der Waals surface area (Å²) in [6, 6.07) is 49.0. The van der Waals surface area contributed by atoms with E-state index in [9.17, 15) is 15.3 Å². The van der Waals surface area contributed by atoms with Gasteiger partial charge >= 0.3 is 0 Å². The fraction of sp³-hybridized carbons (Fsp3) is 0.0455. The van der Waals surface area contributed by atoms with Gasteiger partial charge in [0.25, 0.3) is 0 Å². The number of phenols is 3. The molecule has 0 spiro atoms. The standard InChI is InChI=1S/C25H16Br2O2.C19H13BrO/c26-21-13-15(9-11-23(21)28)25(16-10-12-24(29)22(27)14-16)19-7-3-1-5-17(19)18-6-2-4-8-20(18)25;20-18-11-13(8-9-19(18)21)15-6-3-7-16-14-5-2-1-4-12(14)10-17(15)16/h1-14,28-29H;1-9,11,21H,10H2. The van der Waals surface area contributed by atoms with Crippen LogP contribution in [0.4, 0.5) is 0 Å². The van der Waals surface area contributed by atoms with Gasteiger partial charge in [0.1, 0.15) is 17.2 Å². The maximum atomic E-state index is 10.1. The molecule has 6 heteroatoms. The smallest absolute Gasteiger partial charge is 0.129 e. The molecule has 7 aromatic rings. The van der Waals surface area contributed by atoms with Crippen LogP contribution in [0.2, 0.25) is 0 Å². The van der Waals surface area contributed by atoms with Crippen molar-refractivity contribution >= 4 is 47.8 Å². The van der Waals surface area contributed by atoms with Crippen LogP contribution in [0.5, 0.6) is 17.2 Å². The molecule has 0 heterocycles. The molecule has 3 nitrogen and oxygen atoms in total. The molecule has 0 unspecified atom stereocenters. The lowest BCUT2D eigenvalue weighted by molar-refractivity contribution is 0.470. The van der Waals surface area contributed by atoms with Gasteiger partial charge in [-0.1, -0.05) is 109 Å². The van der Waals surface area contributed by atoms with Crippen LogP contribution < -0.4 is 0 Å². The van der Waals surface area contributed by atoms with E-state index < -0.39 is 5.41 Å². The summed E-state index contributed by atoms with van der Waals surface area (Å²) in [5.74, 6) is 0.681. The van der Waals surface area contributed by atoms with Gasteiger partial charge in [0.15, 0.2) is 0 Å². The first-order chi connectivity index (χ1) is 24.3. The Labute approximate surface area is 315 Å². The van der Waals surface area contributed by atoms with Crippen molar-refractivity contribution in [3.63, 3.8) is 0 Å². The van der Waals surface area contributed by atoms with Crippen LogP contribution in [-0.4, -0.2) is 15.3 Å². The third kappa shape index (κ3) is 5.29. The number of hydrogen-bond donors (Lipinski definition) is 3. The lowest BCUT2D eigenvalue weighted by Gasteiger charge is -2.34. The molecule has 0 amide bonds. The van der Waals surface area contributed by atoms with Crippen LogP contribution in [0.15, 0.2) is 159 Å². The second kappa shape index (κ2) is 12.9. The van der Waals surface area contributed by atoms with E-state index in [0.717, 1.165) is 27.6 Å². The Hall–Kier alpha value is -4.62. The monoisotopic (exact) mass is 842 g/mol. The van der Waals surface area contributed by atoms with Gasteiger partial charge in [-0.2, -0.15) is 0 Å². The van der Waals surface area contributed by atoms with Crippen LogP contribution in [0, 0.1) is 0 Å². The molecule has 50 heavy (non-hydrogen) atoms. The SMILES string of the molecule is Oc1ccc(-c2cccc3c2Cc2ccccc2-3)cc1Br.Oc1ccc(C2(c3ccc(O)c(Br)c3)c3ccccc3-c3ccccc32)cc1Br. The Kier molecular flexibility index (Phi) is 8.42. The molecule has 3 N–H and O–H groups in total. The third-order valence-corrected chi connectivity index (χ3v) is 11.7. The summed E-state index contributed by atoms with van der Waals surface area (Å²) in [6.07, 6.45) is 0.972. The lowest BCUT2D eigenvalue weighted by atomic mass is 9.68. The number of rotatable bonds is 3. The third-order valence-electron chi connectivity index (χ3n) is 9.82. The summed E-state index contributed by atoms with van der Waals surface area (Å²) in [5.41, 5.74) is 14.0. The summed E-state index contributed by atoms with van der Waals surface area (Å²) in [4.78, 5) is 0. The Morgan fingerprint density at radius 3 is 1.44 bits per heavy atom. The van der Waals surface area contributed by atoms with Gasteiger partial charge < -0.3 is 15.3 Å². The van der Waals surface area contributed by atoms with Crippen molar-refractivity contribution in [1.29, 1.82) is 0 Å². The molecule has 0 saturated carbocycles. The van der Waals surface area contributed by atoms with E-state index in [2.05, 4.69) is 139 Å². The fourth-order valence-corrected chi connectivity index (χ4v) is 8.74. The second-order valence-electron chi connectivity index (χ2n) is 12.5. The van der Waals surface area contributed by atoms with Crippen LogP contribution in [-0.2, 0) is 11.8 Å². The Morgan fingerprint density at radius 2 is 0.880 bits per heavy atom. The highest BCUT2D eigenvalue weighted by Crippen LogP contribution is 2.57. The Balaban J connectivity index is 0.000000152. The van der Waals surface area contributed by atoms with Gasteiger partial charge in [-0.3, -0.25) is 0 Å². The van der Waals surface area contributed by atoms with Gasteiger partial charge in [-0.25, -0.2) is 0 Å². The molecule has 0 radical (unpaired) electrons. The highest BCUT2D eigenvalue weighted by molar-refractivity contribution is 9.11. The summed E-state index contributed by atoms with van der Waals surface area (Å²) >= 11 is 10.4.